The van der Waals surface area contributed by atoms with Gasteiger partial charge in [0.2, 0.25) is 0 Å². The first-order chi connectivity index (χ1) is 6.80. The van der Waals surface area contributed by atoms with Crippen LogP contribution in [-0.4, -0.2) is 41.7 Å². The summed E-state index contributed by atoms with van der Waals surface area (Å²) in [6.07, 6.45) is 0.931. The average molecular weight is 236 g/mol. The molecule has 0 aliphatic rings. The van der Waals surface area contributed by atoms with Gasteiger partial charge in [-0.1, -0.05) is 5.21 Å². The maximum absolute atomic E-state index is 10.7. The van der Waals surface area contributed by atoms with Gasteiger partial charge in [-0.05, 0) is 6.92 Å². The van der Waals surface area contributed by atoms with Crippen molar-refractivity contribution in [2.45, 2.75) is 13.0 Å². The average Bonchev–Trinajstić information content (AvgIpc) is 2.51. The summed E-state index contributed by atoms with van der Waals surface area (Å²) in [5.41, 5.74) is 0. The summed E-state index contributed by atoms with van der Waals surface area (Å²) in [5.74, 6) is -1.13. The number of hydrogen-bond acceptors (Lipinski definition) is 5. The summed E-state index contributed by atoms with van der Waals surface area (Å²) < 4.78 is 11.0. The van der Waals surface area contributed by atoms with Gasteiger partial charge in [0.1, 0.15) is 6.04 Å². The molecular weight excluding hydrogens is 227 g/mol. The van der Waals surface area contributed by atoms with Crippen molar-refractivity contribution in [3.8, 4) is 0 Å². The maximum Gasteiger partial charge on any atom is 0.451 e. The maximum atomic E-state index is 10.7. The Hall–Kier alpha value is -1.44. The second-order valence-corrected chi connectivity index (χ2v) is 4.18. The molecule has 0 fully saturated rings. The predicted octanol–water partition coefficient (Wildman–Crippen LogP) is -0.896. The van der Waals surface area contributed by atoms with Crippen molar-refractivity contribution in [3.63, 3.8) is 0 Å². The van der Waals surface area contributed by atoms with E-state index in [1.54, 1.807) is 0 Å². The molecule has 1 atom stereocenters. The Morgan fingerprint density at radius 1 is 1.67 bits per heavy atom. The summed E-state index contributed by atoms with van der Waals surface area (Å²) in [6.45, 7) is 1.36. The molecule has 0 spiro atoms. The molecule has 9 nitrogen and oxygen atoms in total. The highest BCUT2D eigenvalue weighted by molar-refractivity contribution is 7.49. The Bertz CT molecular complexity index is 411. The normalized spacial score (nSPS) is 13.5. The van der Waals surface area contributed by atoms with Crippen LogP contribution in [0.4, 0.5) is 5.82 Å². The fraction of sp³-hybridized carbons (Fsp3) is 0.400. The zero-order chi connectivity index (χ0) is 11.6. The molecule has 0 amide bonds. The molecule has 0 aliphatic heterocycles. The third-order valence-corrected chi connectivity index (χ3v) is 2.21. The van der Waals surface area contributed by atoms with Crippen molar-refractivity contribution >= 4 is 19.5 Å². The number of hydrogen-bond donors (Lipinski definition) is 4. The molecule has 0 aromatic carbocycles. The van der Waals surface area contributed by atoms with Gasteiger partial charge in [0.15, 0.2) is 5.82 Å². The van der Waals surface area contributed by atoms with Gasteiger partial charge in [-0.3, -0.25) is 4.79 Å². The minimum Gasteiger partial charge on any atom is -0.480 e. The minimum absolute atomic E-state index is 0.0202. The van der Waals surface area contributed by atoms with Crippen LogP contribution >= 0.6 is 7.75 Å². The predicted molar refractivity (Wildman–Crippen MR) is 48.2 cm³/mol. The molecule has 15 heavy (non-hydrogen) atoms. The smallest absolute Gasteiger partial charge is 0.451 e. The molecule has 84 valence electrons. The standard InChI is InChI=1S/C5H9N4O5P/c1-3(5(10)11)6-4-2-9(8-7-4)15(12,13)14/h2-3,6H,1H3,(H,10,11)(H2,12,13,14)/t3-/m0/s1. The van der Waals surface area contributed by atoms with E-state index in [0.29, 0.717) is 4.45 Å². The number of nitrogens with one attached hydrogen (secondary N) is 1. The molecule has 0 unspecified atom stereocenters. The van der Waals surface area contributed by atoms with E-state index in [4.69, 9.17) is 14.9 Å². The van der Waals surface area contributed by atoms with E-state index in [0.717, 1.165) is 6.20 Å². The fourth-order valence-electron chi connectivity index (χ4n) is 0.732. The van der Waals surface area contributed by atoms with Gasteiger partial charge in [-0.2, -0.15) is 4.45 Å². The first-order valence-corrected chi connectivity index (χ1v) is 5.35. The largest absolute Gasteiger partial charge is 0.480 e. The van der Waals surface area contributed by atoms with E-state index in [1.807, 2.05) is 0 Å². The Balaban J connectivity index is 2.78. The van der Waals surface area contributed by atoms with Crippen LogP contribution in [0.15, 0.2) is 6.20 Å². The number of carbonyl (C=O) groups is 1. The topological polar surface area (TPSA) is 138 Å². The summed E-state index contributed by atoms with van der Waals surface area (Å²) in [6, 6.07) is -0.924. The molecule has 0 aliphatic carbocycles. The fourth-order valence-corrected chi connectivity index (χ4v) is 1.14. The second-order valence-electron chi connectivity index (χ2n) is 2.74. The monoisotopic (exact) mass is 236 g/mol. The molecule has 0 bridgehead atoms. The summed E-state index contributed by atoms with van der Waals surface area (Å²) in [5, 5.41) is 17.4. The third-order valence-electron chi connectivity index (χ3n) is 1.48. The van der Waals surface area contributed by atoms with Crippen LogP contribution in [0.1, 0.15) is 6.92 Å². The number of carboxylic acids is 1. The van der Waals surface area contributed by atoms with Crippen molar-refractivity contribution in [2.24, 2.45) is 0 Å². The van der Waals surface area contributed by atoms with Crippen LogP contribution in [-0.2, 0) is 9.36 Å². The van der Waals surface area contributed by atoms with E-state index in [9.17, 15) is 9.36 Å². The SMILES string of the molecule is C[C@H](Nc1cn(P(=O)(O)O)nn1)C(=O)O. The zero-order valence-corrected chi connectivity index (χ0v) is 8.50. The Labute approximate surface area is 83.9 Å². The quantitative estimate of drug-likeness (QED) is 0.493. The lowest BCUT2D eigenvalue weighted by Gasteiger charge is -2.05. The molecule has 0 saturated heterocycles. The number of rotatable bonds is 4. The molecule has 1 rings (SSSR count). The van der Waals surface area contributed by atoms with Gasteiger partial charge >= 0.3 is 13.7 Å². The number of anilines is 1. The van der Waals surface area contributed by atoms with Crippen molar-refractivity contribution in [1.29, 1.82) is 0 Å². The zero-order valence-electron chi connectivity index (χ0n) is 7.60. The first-order valence-electron chi connectivity index (χ1n) is 3.79. The molecule has 1 aromatic rings. The lowest BCUT2D eigenvalue weighted by atomic mass is 10.3. The summed E-state index contributed by atoms with van der Waals surface area (Å²) >= 11 is 0. The number of nitrogens with zero attached hydrogens (tertiary/aromatic N) is 3. The van der Waals surface area contributed by atoms with Crippen LogP contribution in [0, 0.1) is 0 Å². The van der Waals surface area contributed by atoms with Crippen LogP contribution in [0.2, 0.25) is 0 Å². The molecule has 4 N–H and O–H groups in total. The number of aromatic nitrogens is 3. The molecule has 0 radical (unpaired) electrons. The Kier molecular flexibility index (Phi) is 3.08. The first kappa shape index (κ1) is 11.6. The molecule has 10 heteroatoms. The molecule has 0 saturated carbocycles. The summed E-state index contributed by atoms with van der Waals surface area (Å²) in [7, 11) is -4.51. The lowest BCUT2D eigenvalue weighted by molar-refractivity contribution is -0.137. The molecule has 1 heterocycles. The van der Waals surface area contributed by atoms with Gasteiger partial charge in [-0.15, -0.1) is 5.10 Å². The van der Waals surface area contributed by atoms with E-state index in [1.165, 1.54) is 6.92 Å². The van der Waals surface area contributed by atoms with E-state index < -0.39 is 19.8 Å². The van der Waals surface area contributed by atoms with E-state index in [-0.39, 0.29) is 5.82 Å². The van der Waals surface area contributed by atoms with E-state index >= 15 is 0 Å². The van der Waals surface area contributed by atoms with Gasteiger partial charge in [0, 0.05) is 0 Å². The molecule has 1 aromatic heterocycles. The minimum atomic E-state index is -4.51. The van der Waals surface area contributed by atoms with E-state index in [2.05, 4.69) is 15.6 Å². The number of aliphatic carboxylic acids is 1. The van der Waals surface area contributed by atoms with Gasteiger partial charge < -0.3 is 20.2 Å². The van der Waals surface area contributed by atoms with Crippen molar-refractivity contribution < 1.29 is 24.3 Å². The second kappa shape index (κ2) is 3.97. The molecular formula is C5H9N4O5P. The van der Waals surface area contributed by atoms with Crippen LogP contribution in [0.5, 0.6) is 0 Å². The highest BCUT2D eigenvalue weighted by Crippen LogP contribution is 2.35. The van der Waals surface area contributed by atoms with Crippen molar-refractivity contribution in [2.75, 3.05) is 5.32 Å². The van der Waals surface area contributed by atoms with Crippen LogP contribution in [0.25, 0.3) is 0 Å². The lowest BCUT2D eigenvalue weighted by Crippen LogP contribution is -2.25. The van der Waals surface area contributed by atoms with Crippen molar-refractivity contribution in [1.82, 2.24) is 14.8 Å². The van der Waals surface area contributed by atoms with Gasteiger partial charge in [-0.25, -0.2) is 4.57 Å². The van der Waals surface area contributed by atoms with Gasteiger partial charge in [0.05, 0.1) is 6.20 Å². The van der Waals surface area contributed by atoms with Gasteiger partial charge in [0.25, 0.3) is 0 Å². The summed E-state index contributed by atoms with van der Waals surface area (Å²) in [4.78, 5) is 27.8. The number of carboxylic acid groups (broad SMARTS) is 1. The highest BCUT2D eigenvalue weighted by atomic mass is 31.2. The Morgan fingerprint density at radius 3 is 2.67 bits per heavy atom. The Morgan fingerprint density at radius 2 is 2.27 bits per heavy atom. The van der Waals surface area contributed by atoms with Crippen molar-refractivity contribution in [3.05, 3.63) is 6.20 Å². The van der Waals surface area contributed by atoms with Crippen LogP contribution in [0.3, 0.4) is 0 Å². The highest BCUT2D eigenvalue weighted by Gasteiger charge is 2.20. The van der Waals surface area contributed by atoms with Crippen LogP contribution < -0.4 is 5.32 Å². The third kappa shape index (κ3) is 3.01.